The molecule has 0 bridgehead atoms. The molecule has 96 valence electrons. The van der Waals surface area contributed by atoms with Crippen molar-refractivity contribution in [3.05, 3.63) is 24.3 Å². The van der Waals surface area contributed by atoms with Crippen LogP contribution in [0.25, 0.3) is 0 Å². The molecule has 1 aromatic rings. The Bertz CT molecular complexity index is 494. The number of benzene rings is 1. The molecule has 18 heavy (non-hydrogen) atoms. The number of nitrogens with zero attached hydrogens (tertiary/aromatic N) is 2. The predicted molar refractivity (Wildman–Crippen MR) is 58.6 cm³/mol. The molecule has 1 aromatic carbocycles. The Hall–Kier alpha value is -2.05. The van der Waals surface area contributed by atoms with Gasteiger partial charge in [-0.2, -0.15) is 18.3 Å². The summed E-state index contributed by atoms with van der Waals surface area (Å²) in [6, 6.07) is 6.03. The van der Waals surface area contributed by atoms with E-state index in [1.165, 1.54) is 19.2 Å². The average Bonchev–Trinajstić information content (AvgIpc) is 2.71. The Kier molecular flexibility index (Phi) is 2.98. The molecule has 1 heterocycles. The molecule has 0 unspecified atom stereocenters. The van der Waals surface area contributed by atoms with Crippen LogP contribution in [0.4, 0.5) is 18.9 Å². The van der Waals surface area contributed by atoms with E-state index in [-0.39, 0.29) is 5.69 Å². The standard InChI is InChI=1S/C11H9F3N2O2/c1-18-8-4-2-7(3-5-8)16-10(17)6-9(15-16)11(12,13)14/h2-5H,6H2,1H3. The van der Waals surface area contributed by atoms with Gasteiger partial charge in [0.2, 0.25) is 0 Å². The highest BCUT2D eigenvalue weighted by Crippen LogP contribution is 2.28. The van der Waals surface area contributed by atoms with Crippen molar-refractivity contribution >= 4 is 17.3 Å². The largest absolute Gasteiger partial charge is 0.497 e. The van der Waals surface area contributed by atoms with E-state index in [0.717, 1.165) is 5.01 Å². The smallest absolute Gasteiger partial charge is 0.431 e. The summed E-state index contributed by atoms with van der Waals surface area (Å²) in [6.45, 7) is 0. The molecule has 0 fully saturated rings. The third-order valence-corrected chi connectivity index (χ3v) is 2.42. The number of rotatable bonds is 2. The van der Waals surface area contributed by atoms with E-state index in [1.807, 2.05) is 0 Å². The van der Waals surface area contributed by atoms with Crippen molar-refractivity contribution in [3.8, 4) is 5.75 Å². The summed E-state index contributed by atoms with van der Waals surface area (Å²) in [5, 5.41) is 4.05. The highest BCUT2D eigenvalue weighted by Gasteiger charge is 2.42. The summed E-state index contributed by atoms with van der Waals surface area (Å²) < 4.78 is 42.2. The second kappa shape index (κ2) is 4.32. The first kappa shape index (κ1) is 12.4. The van der Waals surface area contributed by atoms with Gasteiger partial charge in [0.15, 0.2) is 5.71 Å². The predicted octanol–water partition coefficient (Wildman–Crippen LogP) is 2.35. The van der Waals surface area contributed by atoms with Crippen molar-refractivity contribution in [1.29, 1.82) is 0 Å². The van der Waals surface area contributed by atoms with Crippen LogP contribution in [0.2, 0.25) is 0 Å². The lowest BCUT2D eigenvalue weighted by Gasteiger charge is -2.11. The van der Waals surface area contributed by atoms with Crippen molar-refractivity contribution in [2.75, 3.05) is 12.1 Å². The van der Waals surface area contributed by atoms with Crippen LogP contribution in [0.5, 0.6) is 5.75 Å². The SMILES string of the molecule is COc1ccc(N2N=C(C(F)(F)F)CC2=O)cc1. The van der Waals surface area contributed by atoms with Crippen LogP contribution in [0, 0.1) is 0 Å². The maximum absolute atomic E-state index is 12.4. The summed E-state index contributed by atoms with van der Waals surface area (Å²) in [5.74, 6) is -0.155. The van der Waals surface area contributed by atoms with Crippen molar-refractivity contribution in [2.45, 2.75) is 12.6 Å². The van der Waals surface area contributed by atoms with Crippen LogP contribution >= 0.6 is 0 Å². The lowest BCUT2D eigenvalue weighted by molar-refractivity contribution is -0.117. The van der Waals surface area contributed by atoms with Gasteiger partial charge in [-0.25, -0.2) is 5.01 Å². The van der Waals surface area contributed by atoms with Gasteiger partial charge in [-0.15, -0.1) is 0 Å². The first-order valence-electron chi connectivity index (χ1n) is 5.03. The maximum atomic E-state index is 12.4. The summed E-state index contributed by atoms with van der Waals surface area (Å²) in [5.41, 5.74) is -0.802. The highest BCUT2D eigenvalue weighted by atomic mass is 19.4. The van der Waals surface area contributed by atoms with Crippen molar-refractivity contribution < 1.29 is 22.7 Å². The fourth-order valence-electron chi connectivity index (χ4n) is 1.51. The number of ether oxygens (including phenoxy) is 1. The lowest BCUT2D eigenvalue weighted by atomic mass is 10.2. The number of hydrazone groups is 1. The molecule has 0 saturated heterocycles. The van der Waals surface area contributed by atoms with Crippen molar-refractivity contribution in [2.24, 2.45) is 5.10 Å². The van der Waals surface area contributed by atoms with Crippen LogP contribution in [0.15, 0.2) is 29.4 Å². The number of methoxy groups -OCH3 is 1. The molecule has 2 rings (SSSR count). The zero-order chi connectivity index (χ0) is 13.3. The van der Waals surface area contributed by atoms with E-state index < -0.39 is 24.2 Å². The Morgan fingerprint density at radius 3 is 2.33 bits per heavy atom. The van der Waals surface area contributed by atoms with Gasteiger partial charge in [0, 0.05) is 0 Å². The summed E-state index contributed by atoms with van der Waals surface area (Å²) in [4.78, 5) is 11.5. The van der Waals surface area contributed by atoms with E-state index >= 15 is 0 Å². The van der Waals surface area contributed by atoms with Gasteiger partial charge in [-0.3, -0.25) is 4.79 Å². The molecule has 0 aliphatic carbocycles. The quantitative estimate of drug-likeness (QED) is 0.817. The van der Waals surface area contributed by atoms with Gasteiger partial charge in [-0.1, -0.05) is 0 Å². The number of anilines is 1. The molecule has 0 N–H and O–H groups in total. The topological polar surface area (TPSA) is 41.9 Å². The van der Waals surface area contributed by atoms with E-state index in [1.54, 1.807) is 12.1 Å². The zero-order valence-corrected chi connectivity index (χ0v) is 9.36. The average molecular weight is 258 g/mol. The third kappa shape index (κ3) is 2.29. The summed E-state index contributed by atoms with van der Waals surface area (Å²) >= 11 is 0. The molecule has 1 aliphatic rings. The molecule has 0 aromatic heterocycles. The van der Waals surface area contributed by atoms with E-state index in [9.17, 15) is 18.0 Å². The molecule has 1 aliphatic heterocycles. The Morgan fingerprint density at radius 2 is 1.89 bits per heavy atom. The molecule has 0 radical (unpaired) electrons. The van der Waals surface area contributed by atoms with Crippen LogP contribution in [-0.2, 0) is 4.79 Å². The number of hydrogen-bond acceptors (Lipinski definition) is 3. The number of halogens is 3. The Morgan fingerprint density at radius 1 is 1.28 bits per heavy atom. The second-order valence-electron chi connectivity index (χ2n) is 3.62. The van der Waals surface area contributed by atoms with Crippen LogP contribution in [-0.4, -0.2) is 24.9 Å². The fraction of sp³-hybridized carbons (Fsp3) is 0.273. The minimum absolute atomic E-state index is 0.278. The second-order valence-corrected chi connectivity index (χ2v) is 3.62. The van der Waals surface area contributed by atoms with Crippen molar-refractivity contribution in [1.82, 2.24) is 0 Å². The number of amides is 1. The van der Waals surface area contributed by atoms with Gasteiger partial charge in [0.1, 0.15) is 5.75 Å². The lowest BCUT2D eigenvalue weighted by Crippen LogP contribution is -2.22. The minimum atomic E-state index is -4.57. The van der Waals surface area contributed by atoms with Crippen LogP contribution in [0.1, 0.15) is 6.42 Å². The van der Waals surface area contributed by atoms with E-state index in [2.05, 4.69) is 5.10 Å². The van der Waals surface area contributed by atoms with Gasteiger partial charge < -0.3 is 4.74 Å². The number of alkyl halides is 3. The monoisotopic (exact) mass is 258 g/mol. The molecule has 0 saturated carbocycles. The first-order chi connectivity index (χ1) is 8.41. The Balaban J connectivity index is 2.27. The highest BCUT2D eigenvalue weighted by molar-refractivity contribution is 6.14. The van der Waals surface area contributed by atoms with Gasteiger partial charge >= 0.3 is 6.18 Å². The molecule has 7 heteroatoms. The molecular weight excluding hydrogens is 249 g/mol. The van der Waals surface area contributed by atoms with E-state index in [0.29, 0.717) is 5.75 Å². The molecule has 1 amide bonds. The number of hydrogen-bond donors (Lipinski definition) is 0. The zero-order valence-electron chi connectivity index (χ0n) is 9.36. The number of carbonyl (C=O) groups excluding carboxylic acids is 1. The van der Waals surface area contributed by atoms with Gasteiger partial charge in [0.25, 0.3) is 5.91 Å². The van der Waals surface area contributed by atoms with Crippen LogP contribution in [0.3, 0.4) is 0 Å². The third-order valence-electron chi connectivity index (χ3n) is 2.42. The summed E-state index contributed by atoms with van der Waals surface area (Å²) in [7, 11) is 1.47. The normalized spacial score (nSPS) is 15.9. The maximum Gasteiger partial charge on any atom is 0.431 e. The molecular formula is C11H9F3N2O2. The van der Waals surface area contributed by atoms with Gasteiger partial charge in [0.05, 0.1) is 19.2 Å². The minimum Gasteiger partial charge on any atom is -0.497 e. The van der Waals surface area contributed by atoms with E-state index in [4.69, 9.17) is 4.74 Å². The van der Waals surface area contributed by atoms with Gasteiger partial charge in [-0.05, 0) is 24.3 Å². The first-order valence-corrected chi connectivity index (χ1v) is 5.03. The molecule has 0 atom stereocenters. The van der Waals surface area contributed by atoms with Crippen LogP contribution < -0.4 is 9.75 Å². The molecule has 4 nitrogen and oxygen atoms in total. The van der Waals surface area contributed by atoms with Crippen molar-refractivity contribution in [3.63, 3.8) is 0 Å². The Labute approximate surface area is 101 Å². The summed E-state index contributed by atoms with van der Waals surface area (Å²) in [6.07, 6.45) is -5.30. The molecule has 0 spiro atoms. The fourth-order valence-corrected chi connectivity index (χ4v) is 1.51. The number of carbonyl (C=O) groups is 1.